The van der Waals surface area contributed by atoms with Gasteiger partial charge in [-0.05, 0) is 61.9 Å². The van der Waals surface area contributed by atoms with Gasteiger partial charge < -0.3 is 14.8 Å². The van der Waals surface area contributed by atoms with Gasteiger partial charge in [0.1, 0.15) is 5.75 Å². The number of ether oxygens (including phenoxy) is 2. The van der Waals surface area contributed by atoms with Crippen molar-refractivity contribution in [3.8, 4) is 11.6 Å². The van der Waals surface area contributed by atoms with Crippen LogP contribution >= 0.6 is 0 Å². The average molecular weight is 508 g/mol. The summed E-state index contributed by atoms with van der Waals surface area (Å²) >= 11 is 0. The lowest BCUT2D eigenvalue weighted by molar-refractivity contribution is 0.0600. The Labute approximate surface area is 215 Å². The second-order valence-corrected chi connectivity index (χ2v) is 9.46. The fraction of sp³-hybridized carbons (Fsp3) is 0.444. The van der Waals surface area contributed by atoms with Crippen LogP contribution in [0.3, 0.4) is 0 Å². The predicted octanol–water partition coefficient (Wildman–Crippen LogP) is 4.36. The fourth-order valence-electron chi connectivity index (χ4n) is 4.60. The first kappa shape index (κ1) is 26.1. The van der Waals surface area contributed by atoms with Crippen LogP contribution in [0, 0.1) is 11.8 Å². The van der Waals surface area contributed by atoms with Gasteiger partial charge in [0.25, 0.3) is 0 Å². The number of methoxy groups -OCH3 is 1. The summed E-state index contributed by atoms with van der Waals surface area (Å²) in [5.74, 6) is 1.69. The molecule has 2 heterocycles. The highest BCUT2D eigenvalue weighted by Crippen LogP contribution is 2.28. The van der Waals surface area contributed by atoms with Crippen molar-refractivity contribution >= 4 is 17.6 Å². The van der Waals surface area contributed by atoms with E-state index in [0.717, 1.165) is 25.7 Å². The molecule has 2 aromatic heterocycles. The number of esters is 1. The summed E-state index contributed by atoms with van der Waals surface area (Å²) < 4.78 is 13.2. The molecule has 0 saturated heterocycles. The molecule has 3 aromatic rings. The summed E-state index contributed by atoms with van der Waals surface area (Å²) in [6.07, 6.45) is 7.00. The second-order valence-electron chi connectivity index (χ2n) is 9.46. The molecule has 1 aliphatic carbocycles. The Bertz CT molecular complexity index is 1330. The van der Waals surface area contributed by atoms with Crippen molar-refractivity contribution in [2.45, 2.75) is 59.0 Å². The highest BCUT2D eigenvalue weighted by Gasteiger charge is 2.20. The van der Waals surface area contributed by atoms with Gasteiger partial charge in [-0.2, -0.15) is 4.98 Å². The zero-order valence-corrected chi connectivity index (χ0v) is 21.5. The molecule has 0 unspecified atom stereocenters. The molecule has 1 saturated carbocycles. The molecule has 1 fully saturated rings. The quantitative estimate of drug-likeness (QED) is 0.353. The van der Waals surface area contributed by atoms with Gasteiger partial charge in [0, 0.05) is 31.0 Å². The van der Waals surface area contributed by atoms with E-state index in [1.807, 2.05) is 0 Å². The molecule has 0 aliphatic heterocycles. The number of carbonyl (C=O) groups is 1. The summed E-state index contributed by atoms with van der Waals surface area (Å²) in [5.41, 5.74) is 0.0762. The number of pyridine rings is 1. The number of hydrogen-bond acceptors (Lipinski definition) is 8. The molecular formula is C27H33N5O5. The topological polar surface area (TPSA) is 117 Å². The van der Waals surface area contributed by atoms with E-state index < -0.39 is 11.7 Å². The van der Waals surface area contributed by atoms with Gasteiger partial charge in [-0.3, -0.25) is 4.57 Å². The van der Waals surface area contributed by atoms with E-state index in [-0.39, 0.29) is 18.2 Å². The average Bonchev–Trinajstić information content (AvgIpc) is 3.11. The number of anilines is 2. The van der Waals surface area contributed by atoms with Gasteiger partial charge in [-0.15, -0.1) is 0 Å². The Hall–Kier alpha value is -3.95. The van der Waals surface area contributed by atoms with E-state index >= 15 is 0 Å². The maximum atomic E-state index is 13.2. The highest BCUT2D eigenvalue weighted by atomic mass is 16.5. The van der Waals surface area contributed by atoms with Gasteiger partial charge >= 0.3 is 17.3 Å². The molecule has 37 heavy (non-hydrogen) atoms. The largest absolute Gasteiger partial charge is 0.465 e. The summed E-state index contributed by atoms with van der Waals surface area (Å²) in [5, 5.41) is 3.15. The summed E-state index contributed by atoms with van der Waals surface area (Å²) in [6, 6.07) is 10.2. The summed E-state index contributed by atoms with van der Waals surface area (Å²) in [6.45, 7) is 4.84. The first-order chi connectivity index (χ1) is 17.9. The van der Waals surface area contributed by atoms with E-state index in [1.54, 1.807) is 47.9 Å². The zero-order valence-electron chi connectivity index (χ0n) is 21.5. The number of nitrogens with zero attached hydrogens (tertiary/aromatic N) is 4. The van der Waals surface area contributed by atoms with E-state index in [2.05, 4.69) is 26.9 Å². The van der Waals surface area contributed by atoms with E-state index in [0.29, 0.717) is 41.3 Å². The number of aromatic nitrogens is 4. The first-order valence-electron chi connectivity index (χ1n) is 12.7. The van der Waals surface area contributed by atoms with Crippen LogP contribution in [0.4, 0.5) is 11.6 Å². The minimum absolute atomic E-state index is 0.241. The van der Waals surface area contributed by atoms with Crippen molar-refractivity contribution in [3.63, 3.8) is 0 Å². The zero-order chi connectivity index (χ0) is 26.4. The third-order valence-electron chi connectivity index (χ3n) is 6.77. The molecule has 10 heteroatoms. The molecule has 1 N–H and O–H groups in total. The molecular weight excluding hydrogens is 474 g/mol. The van der Waals surface area contributed by atoms with Crippen LogP contribution in [0.1, 0.15) is 56.3 Å². The molecule has 1 aromatic carbocycles. The van der Waals surface area contributed by atoms with Crippen LogP contribution < -0.4 is 21.4 Å². The van der Waals surface area contributed by atoms with Crippen LogP contribution in [0.5, 0.6) is 11.6 Å². The number of hydrogen-bond donors (Lipinski definition) is 1. The van der Waals surface area contributed by atoms with Gasteiger partial charge in [-0.1, -0.05) is 26.2 Å². The third-order valence-corrected chi connectivity index (χ3v) is 6.77. The Morgan fingerprint density at radius 1 is 1.05 bits per heavy atom. The lowest BCUT2D eigenvalue weighted by atomic mass is 9.99. The molecule has 2 atom stereocenters. The molecule has 196 valence electrons. The van der Waals surface area contributed by atoms with E-state index in [4.69, 9.17) is 4.74 Å². The maximum Gasteiger partial charge on any atom is 0.354 e. The summed E-state index contributed by atoms with van der Waals surface area (Å²) in [4.78, 5) is 45.6. The van der Waals surface area contributed by atoms with Crippen LogP contribution in [0.15, 0.2) is 52.2 Å². The van der Waals surface area contributed by atoms with Crippen molar-refractivity contribution in [3.05, 3.63) is 69.1 Å². The van der Waals surface area contributed by atoms with Crippen LogP contribution in [0.2, 0.25) is 0 Å². The Morgan fingerprint density at radius 2 is 1.84 bits per heavy atom. The van der Waals surface area contributed by atoms with Crippen LogP contribution in [0.25, 0.3) is 0 Å². The summed E-state index contributed by atoms with van der Waals surface area (Å²) in [7, 11) is 1.31. The van der Waals surface area contributed by atoms with Crippen molar-refractivity contribution < 1.29 is 14.3 Å². The van der Waals surface area contributed by atoms with Gasteiger partial charge in [0.05, 0.1) is 12.7 Å². The minimum Gasteiger partial charge on any atom is -0.465 e. The van der Waals surface area contributed by atoms with Gasteiger partial charge in [0.2, 0.25) is 11.8 Å². The molecule has 0 radical (unpaired) electrons. The number of nitrogens with one attached hydrogen (secondary N) is 1. The minimum atomic E-state index is -0.567. The first-order valence-corrected chi connectivity index (χ1v) is 12.7. The number of benzene rings is 1. The Morgan fingerprint density at radius 3 is 2.51 bits per heavy atom. The monoisotopic (exact) mass is 507 g/mol. The SMILES string of the molecule is CCn1c(=O)nc(Nc2ccc(Oc3ccc(C(=O)OC)cn3)cc2)n(C[C@H]2CCC[C@H](C)CC2)c1=O. The molecule has 0 bridgehead atoms. The highest BCUT2D eigenvalue weighted by molar-refractivity contribution is 5.88. The molecule has 0 amide bonds. The molecule has 1 aliphatic rings. The normalized spacial score (nSPS) is 17.6. The van der Waals surface area contributed by atoms with Crippen molar-refractivity contribution in [2.75, 3.05) is 12.4 Å². The Kier molecular flexibility index (Phi) is 8.37. The maximum absolute atomic E-state index is 13.2. The number of carbonyl (C=O) groups excluding carboxylic acids is 1. The lowest BCUT2D eigenvalue weighted by Gasteiger charge is -2.20. The van der Waals surface area contributed by atoms with Crippen LogP contribution in [-0.4, -0.2) is 32.2 Å². The van der Waals surface area contributed by atoms with Gasteiger partial charge in [0.15, 0.2) is 0 Å². The second kappa shape index (κ2) is 11.9. The molecule has 4 rings (SSSR count). The molecule has 10 nitrogen and oxygen atoms in total. The molecule has 0 spiro atoms. The van der Waals surface area contributed by atoms with Crippen molar-refractivity contribution in [1.29, 1.82) is 0 Å². The lowest BCUT2D eigenvalue weighted by Crippen LogP contribution is -2.43. The fourth-order valence-corrected chi connectivity index (χ4v) is 4.60. The third kappa shape index (κ3) is 6.44. The van der Waals surface area contributed by atoms with Crippen LogP contribution in [-0.2, 0) is 17.8 Å². The smallest absolute Gasteiger partial charge is 0.354 e. The van der Waals surface area contributed by atoms with E-state index in [9.17, 15) is 14.4 Å². The van der Waals surface area contributed by atoms with Gasteiger partial charge in [-0.25, -0.2) is 23.9 Å². The Balaban J connectivity index is 1.52. The predicted molar refractivity (Wildman–Crippen MR) is 140 cm³/mol. The standard InChI is InChI=1S/C27H33N5O5/c1-4-31-26(34)30-25(32(27(31)35)17-19-7-5-6-18(2)8-9-19)29-21-11-13-22(14-12-21)37-23-15-10-20(16-28-23)24(33)36-3/h10-16,18-19H,4-9,17H2,1-3H3,(H,29,30,34)/t18-,19-/m0/s1. The number of rotatable bonds is 8. The van der Waals surface area contributed by atoms with E-state index in [1.165, 1.54) is 24.3 Å². The van der Waals surface area contributed by atoms with Crippen molar-refractivity contribution in [1.82, 2.24) is 19.1 Å². The van der Waals surface area contributed by atoms with Crippen molar-refractivity contribution in [2.24, 2.45) is 11.8 Å².